The summed E-state index contributed by atoms with van der Waals surface area (Å²) in [4.78, 5) is 5.12. The highest BCUT2D eigenvalue weighted by molar-refractivity contribution is 14.1. The van der Waals surface area contributed by atoms with Gasteiger partial charge in [0.25, 0.3) is 0 Å². The van der Waals surface area contributed by atoms with E-state index in [0.717, 1.165) is 24.2 Å². The van der Waals surface area contributed by atoms with Crippen LogP contribution in [0.2, 0.25) is 5.02 Å². The summed E-state index contributed by atoms with van der Waals surface area (Å²) in [5.41, 5.74) is 1.22. The summed E-state index contributed by atoms with van der Waals surface area (Å²) in [6.07, 6.45) is 4.10. The van der Waals surface area contributed by atoms with Gasteiger partial charge in [-0.3, -0.25) is 4.90 Å². The number of hydrogen-bond donors (Lipinski definition) is 0. The first kappa shape index (κ1) is 13.0. The number of piperidine rings is 1. The zero-order valence-electron chi connectivity index (χ0n) is 10.4. The maximum Gasteiger partial charge on any atom is 0.0640 e. The molecule has 0 saturated carbocycles. The fourth-order valence-electron chi connectivity index (χ4n) is 3.10. The molecule has 1 atom stereocenters. The van der Waals surface area contributed by atoms with Crippen molar-refractivity contribution in [1.29, 1.82) is 0 Å². The van der Waals surface area contributed by atoms with Crippen molar-refractivity contribution in [3.05, 3.63) is 26.8 Å². The summed E-state index contributed by atoms with van der Waals surface area (Å²) >= 11 is 8.71. The number of halogens is 2. The summed E-state index contributed by atoms with van der Waals surface area (Å²) in [7, 11) is 0. The Morgan fingerprint density at radius 1 is 1.17 bits per heavy atom. The predicted octanol–water partition coefficient (Wildman–Crippen LogP) is 3.62. The van der Waals surface area contributed by atoms with E-state index in [1.54, 1.807) is 0 Å². The van der Waals surface area contributed by atoms with Crippen LogP contribution >= 0.6 is 34.2 Å². The van der Waals surface area contributed by atoms with E-state index in [2.05, 4.69) is 44.5 Å². The van der Waals surface area contributed by atoms with E-state index in [4.69, 9.17) is 11.6 Å². The number of rotatable bonds is 1. The third kappa shape index (κ3) is 2.63. The highest BCUT2D eigenvalue weighted by Crippen LogP contribution is 2.31. The molecular weight excluding hydrogens is 359 g/mol. The van der Waals surface area contributed by atoms with Crippen LogP contribution in [0.5, 0.6) is 0 Å². The molecule has 2 fully saturated rings. The third-order valence-electron chi connectivity index (χ3n) is 4.09. The van der Waals surface area contributed by atoms with Gasteiger partial charge in [-0.15, -0.1) is 0 Å². The van der Waals surface area contributed by atoms with Crippen molar-refractivity contribution in [2.75, 3.05) is 31.1 Å². The van der Waals surface area contributed by atoms with E-state index in [1.165, 1.54) is 41.6 Å². The molecule has 0 aromatic heterocycles. The molecule has 2 nitrogen and oxygen atoms in total. The van der Waals surface area contributed by atoms with E-state index in [-0.39, 0.29) is 0 Å². The molecule has 4 heteroatoms. The molecule has 0 N–H and O–H groups in total. The van der Waals surface area contributed by atoms with Crippen molar-refractivity contribution in [1.82, 2.24) is 4.90 Å². The van der Waals surface area contributed by atoms with E-state index in [0.29, 0.717) is 0 Å². The molecule has 0 bridgehead atoms. The summed E-state index contributed by atoms with van der Waals surface area (Å²) in [6.45, 7) is 4.72. The first-order valence-corrected chi connectivity index (χ1v) is 8.14. The molecule has 2 aliphatic rings. The van der Waals surface area contributed by atoms with Gasteiger partial charge in [-0.2, -0.15) is 0 Å². The second-order valence-electron chi connectivity index (χ2n) is 5.23. The zero-order valence-corrected chi connectivity index (χ0v) is 13.3. The van der Waals surface area contributed by atoms with Gasteiger partial charge in [0.2, 0.25) is 0 Å². The molecule has 2 heterocycles. The minimum Gasteiger partial charge on any atom is -0.367 e. The Bertz CT molecular complexity index is 438. The van der Waals surface area contributed by atoms with Crippen molar-refractivity contribution in [2.24, 2.45) is 0 Å². The number of hydrogen-bond acceptors (Lipinski definition) is 2. The Morgan fingerprint density at radius 3 is 2.94 bits per heavy atom. The van der Waals surface area contributed by atoms with Crippen LogP contribution in [-0.2, 0) is 0 Å². The third-order valence-corrected chi connectivity index (χ3v) is 5.08. The molecule has 0 radical (unpaired) electrons. The van der Waals surface area contributed by atoms with Gasteiger partial charge in [-0.25, -0.2) is 0 Å². The molecule has 0 spiro atoms. The molecule has 3 rings (SSSR count). The van der Waals surface area contributed by atoms with Crippen LogP contribution in [0.3, 0.4) is 0 Å². The molecule has 2 saturated heterocycles. The van der Waals surface area contributed by atoms with Crippen molar-refractivity contribution in [2.45, 2.75) is 25.3 Å². The Balaban J connectivity index is 1.79. The normalized spacial score (nSPS) is 25.0. The largest absolute Gasteiger partial charge is 0.367 e. The van der Waals surface area contributed by atoms with Crippen LogP contribution < -0.4 is 4.90 Å². The first-order chi connectivity index (χ1) is 8.74. The zero-order chi connectivity index (χ0) is 12.5. The molecule has 0 amide bonds. The standard InChI is InChI=1S/C14H18ClIN2/c15-13-5-4-11(16)9-14(13)18-8-7-17-6-2-1-3-12(17)10-18/h4-5,9,12H,1-3,6-8,10H2. The molecule has 2 aliphatic heterocycles. The summed E-state index contributed by atoms with van der Waals surface area (Å²) in [6, 6.07) is 7.04. The van der Waals surface area contributed by atoms with Crippen LogP contribution in [-0.4, -0.2) is 37.1 Å². The first-order valence-electron chi connectivity index (χ1n) is 6.68. The number of benzene rings is 1. The Labute approximate surface area is 127 Å². The molecule has 0 aliphatic carbocycles. The second kappa shape index (κ2) is 5.55. The van der Waals surface area contributed by atoms with Crippen LogP contribution in [0.4, 0.5) is 5.69 Å². The Kier molecular flexibility index (Phi) is 4.01. The maximum atomic E-state index is 6.35. The Morgan fingerprint density at radius 2 is 2.06 bits per heavy atom. The predicted molar refractivity (Wildman–Crippen MR) is 85.6 cm³/mol. The van der Waals surface area contributed by atoms with Gasteiger partial charge in [0.1, 0.15) is 0 Å². The lowest BCUT2D eigenvalue weighted by atomic mass is 9.99. The maximum absolute atomic E-state index is 6.35. The monoisotopic (exact) mass is 376 g/mol. The van der Waals surface area contributed by atoms with Gasteiger partial charge in [0.05, 0.1) is 10.7 Å². The van der Waals surface area contributed by atoms with Gasteiger partial charge >= 0.3 is 0 Å². The van der Waals surface area contributed by atoms with Gasteiger partial charge in [0.15, 0.2) is 0 Å². The van der Waals surface area contributed by atoms with Gasteiger partial charge < -0.3 is 4.90 Å². The Hall–Kier alpha value is -0.0000000000000000763. The second-order valence-corrected chi connectivity index (χ2v) is 6.88. The number of fused-ring (bicyclic) bond motifs is 1. The van der Waals surface area contributed by atoms with Crippen LogP contribution in [0.1, 0.15) is 19.3 Å². The lowest BCUT2D eigenvalue weighted by Crippen LogP contribution is -2.55. The fraction of sp³-hybridized carbons (Fsp3) is 0.571. The van der Waals surface area contributed by atoms with E-state index < -0.39 is 0 Å². The average molecular weight is 377 g/mol. The number of piperazine rings is 1. The van der Waals surface area contributed by atoms with Crippen LogP contribution in [0.15, 0.2) is 18.2 Å². The van der Waals surface area contributed by atoms with E-state index >= 15 is 0 Å². The molecule has 1 aromatic carbocycles. The lowest BCUT2D eigenvalue weighted by molar-refractivity contribution is 0.133. The summed E-state index contributed by atoms with van der Waals surface area (Å²) in [5.74, 6) is 0. The average Bonchev–Trinajstić information content (AvgIpc) is 2.41. The van der Waals surface area contributed by atoms with Crippen molar-refractivity contribution in [3.63, 3.8) is 0 Å². The lowest BCUT2D eigenvalue weighted by Gasteiger charge is -2.45. The van der Waals surface area contributed by atoms with Crippen LogP contribution in [0.25, 0.3) is 0 Å². The summed E-state index contributed by atoms with van der Waals surface area (Å²) < 4.78 is 1.26. The molecule has 98 valence electrons. The van der Waals surface area contributed by atoms with E-state index in [1.807, 2.05) is 6.07 Å². The highest BCUT2D eigenvalue weighted by atomic mass is 127. The summed E-state index contributed by atoms with van der Waals surface area (Å²) in [5, 5.41) is 0.889. The number of nitrogens with zero attached hydrogens (tertiary/aromatic N) is 2. The fourth-order valence-corrected chi connectivity index (χ4v) is 3.81. The SMILES string of the molecule is Clc1ccc(I)cc1N1CCN2CCCCC2C1. The highest BCUT2D eigenvalue weighted by Gasteiger charge is 2.29. The smallest absolute Gasteiger partial charge is 0.0640 e. The van der Waals surface area contributed by atoms with Crippen LogP contribution in [0, 0.1) is 3.57 Å². The van der Waals surface area contributed by atoms with Crippen molar-refractivity contribution >= 4 is 39.9 Å². The molecular formula is C14H18ClIN2. The minimum absolute atomic E-state index is 0.737. The van der Waals surface area contributed by atoms with E-state index in [9.17, 15) is 0 Å². The van der Waals surface area contributed by atoms with Gasteiger partial charge in [-0.05, 0) is 60.2 Å². The topological polar surface area (TPSA) is 6.48 Å². The van der Waals surface area contributed by atoms with Gasteiger partial charge in [-0.1, -0.05) is 18.0 Å². The molecule has 1 aromatic rings. The molecule has 18 heavy (non-hydrogen) atoms. The van der Waals surface area contributed by atoms with Crippen molar-refractivity contribution in [3.8, 4) is 0 Å². The van der Waals surface area contributed by atoms with Gasteiger partial charge in [0, 0.05) is 29.2 Å². The minimum atomic E-state index is 0.737. The quantitative estimate of drug-likeness (QED) is 0.691. The van der Waals surface area contributed by atoms with Crippen molar-refractivity contribution < 1.29 is 0 Å². The molecule has 1 unspecified atom stereocenters. The number of anilines is 1.